The van der Waals surface area contributed by atoms with E-state index in [0.29, 0.717) is 44.2 Å². The quantitative estimate of drug-likeness (QED) is 0.416. The molecule has 0 aliphatic carbocycles. The Kier molecular flexibility index (Phi) is 7.16. The molecule has 2 amide bonds. The maximum absolute atomic E-state index is 12.8. The summed E-state index contributed by atoms with van der Waals surface area (Å²) in [6.45, 7) is 2.49. The minimum absolute atomic E-state index is 0.118. The smallest absolute Gasteiger partial charge is 0.293 e. The highest BCUT2D eigenvalue weighted by atomic mass is 79.9. The number of ether oxygens (including phenoxy) is 2. The number of rotatable bonds is 6. The zero-order chi connectivity index (χ0) is 21.1. The van der Waals surface area contributed by atoms with Gasteiger partial charge in [-0.3, -0.25) is 14.5 Å². The SMILES string of the molecule is CCOc1cc(Br)c(/C=C2\SC(=O)N(Cc3ccc(Cl)c(Cl)c3)C2=O)cc1OC. The van der Waals surface area contributed by atoms with Crippen molar-refractivity contribution in [1.82, 2.24) is 4.90 Å². The monoisotopic (exact) mass is 515 g/mol. The lowest BCUT2D eigenvalue weighted by Crippen LogP contribution is -2.27. The first-order valence-corrected chi connectivity index (χ1v) is 10.9. The van der Waals surface area contributed by atoms with Gasteiger partial charge < -0.3 is 9.47 Å². The summed E-state index contributed by atoms with van der Waals surface area (Å²) in [5.41, 5.74) is 1.41. The van der Waals surface area contributed by atoms with E-state index in [9.17, 15) is 9.59 Å². The second-order valence-electron chi connectivity index (χ2n) is 5.97. The fourth-order valence-corrected chi connectivity index (χ4v) is 4.27. The number of amides is 2. The average molecular weight is 517 g/mol. The second kappa shape index (κ2) is 9.43. The van der Waals surface area contributed by atoms with Crippen molar-refractivity contribution in [3.63, 3.8) is 0 Å². The lowest BCUT2D eigenvalue weighted by Gasteiger charge is -2.13. The van der Waals surface area contributed by atoms with Crippen LogP contribution in [0.4, 0.5) is 4.79 Å². The Morgan fingerprint density at radius 2 is 1.90 bits per heavy atom. The Labute approximate surface area is 191 Å². The number of carbonyl (C=O) groups is 2. The molecule has 0 atom stereocenters. The third-order valence-corrected chi connectivity index (χ3v) is 6.40. The van der Waals surface area contributed by atoms with Gasteiger partial charge in [0.15, 0.2) is 11.5 Å². The highest BCUT2D eigenvalue weighted by molar-refractivity contribution is 9.10. The van der Waals surface area contributed by atoms with E-state index < -0.39 is 0 Å². The van der Waals surface area contributed by atoms with Crippen molar-refractivity contribution in [3.8, 4) is 11.5 Å². The van der Waals surface area contributed by atoms with E-state index in [1.807, 2.05) is 6.92 Å². The lowest BCUT2D eigenvalue weighted by molar-refractivity contribution is -0.123. The van der Waals surface area contributed by atoms with Crippen LogP contribution in [0.25, 0.3) is 6.08 Å². The van der Waals surface area contributed by atoms with E-state index in [2.05, 4.69) is 15.9 Å². The van der Waals surface area contributed by atoms with Crippen LogP contribution in [0.2, 0.25) is 10.0 Å². The van der Waals surface area contributed by atoms with Gasteiger partial charge in [0.05, 0.1) is 35.2 Å². The Bertz CT molecular complexity index is 1010. The van der Waals surface area contributed by atoms with Crippen LogP contribution >= 0.6 is 50.9 Å². The van der Waals surface area contributed by atoms with Crippen LogP contribution in [0.15, 0.2) is 39.7 Å². The summed E-state index contributed by atoms with van der Waals surface area (Å²) in [4.78, 5) is 26.7. The number of halogens is 3. The second-order valence-corrected chi connectivity index (χ2v) is 8.64. The molecule has 0 bridgehead atoms. The molecule has 0 aromatic heterocycles. The summed E-state index contributed by atoms with van der Waals surface area (Å²) in [6, 6.07) is 8.54. The van der Waals surface area contributed by atoms with E-state index in [4.69, 9.17) is 32.7 Å². The number of nitrogens with zero attached hydrogens (tertiary/aromatic N) is 1. The zero-order valence-electron chi connectivity index (χ0n) is 15.5. The first-order valence-electron chi connectivity index (χ1n) is 8.53. The third-order valence-electron chi connectivity index (χ3n) is 4.07. The van der Waals surface area contributed by atoms with Crippen LogP contribution in [0.3, 0.4) is 0 Å². The van der Waals surface area contributed by atoms with Crippen molar-refractivity contribution in [2.24, 2.45) is 0 Å². The van der Waals surface area contributed by atoms with Gasteiger partial charge in [0.25, 0.3) is 11.1 Å². The molecule has 0 N–H and O–H groups in total. The summed E-state index contributed by atoms with van der Waals surface area (Å²) in [6.07, 6.45) is 1.65. The van der Waals surface area contributed by atoms with Crippen LogP contribution in [-0.2, 0) is 11.3 Å². The van der Waals surface area contributed by atoms with Crippen LogP contribution in [0.1, 0.15) is 18.1 Å². The Balaban J connectivity index is 1.87. The number of hydrogen-bond donors (Lipinski definition) is 0. The average Bonchev–Trinajstić information content (AvgIpc) is 2.94. The fourth-order valence-electron chi connectivity index (χ4n) is 2.69. The minimum atomic E-state index is -0.370. The van der Waals surface area contributed by atoms with Crippen molar-refractivity contribution in [2.45, 2.75) is 13.5 Å². The molecule has 29 heavy (non-hydrogen) atoms. The van der Waals surface area contributed by atoms with Gasteiger partial charge in [-0.2, -0.15) is 0 Å². The number of imide groups is 1. The first-order chi connectivity index (χ1) is 13.8. The van der Waals surface area contributed by atoms with E-state index >= 15 is 0 Å². The summed E-state index contributed by atoms with van der Waals surface area (Å²) in [5, 5.41) is 0.442. The summed E-state index contributed by atoms with van der Waals surface area (Å²) in [5.74, 6) is 0.758. The Morgan fingerprint density at radius 3 is 2.55 bits per heavy atom. The number of methoxy groups -OCH3 is 1. The predicted octanol–water partition coefficient (Wildman–Crippen LogP) is 6.40. The number of thioether (sulfide) groups is 1. The molecule has 1 aliphatic heterocycles. The maximum Gasteiger partial charge on any atom is 0.293 e. The van der Waals surface area contributed by atoms with Gasteiger partial charge in [-0.05, 0) is 60.2 Å². The molecule has 9 heteroatoms. The van der Waals surface area contributed by atoms with Gasteiger partial charge in [0.2, 0.25) is 0 Å². The van der Waals surface area contributed by atoms with Crippen LogP contribution < -0.4 is 9.47 Å². The van der Waals surface area contributed by atoms with Gasteiger partial charge in [-0.25, -0.2) is 0 Å². The van der Waals surface area contributed by atoms with Crippen LogP contribution in [-0.4, -0.2) is 29.8 Å². The standard InChI is InChI=1S/C20H16BrCl2NO4S/c1-3-28-17-9-13(21)12(7-16(17)27-2)8-18-19(25)24(20(26)29-18)10-11-4-5-14(22)15(23)6-11/h4-9H,3,10H2,1-2H3/b18-8-. The normalized spacial score (nSPS) is 15.3. The van der Waals surface area contributed by atoms with Crippen LogP contribution in [0.5, 0.6) is 11.5 Å². The van der Waals surface area contributed by atoms with E-state index in [-0.39, 0.29) is 17.7 Å². The topological polar surface area (TPSA) is 55.8 Å². The number of carbonyl (C=O) groups excluding carboxylic acids is 2. The van der Waals surface area contributed by atoms with Gasteiger partial charge in [0.1, 0.15) is 0 Å². The molecule has 0 unspecified atom stereocenters. The number of hydrogen-bond acceptors (Lipinski definition) is 5. The molecule has 152 valence electrons. The first kappa shape index (κ1) is 22.0. The van der Waals surface area contributed by atoms with Crippen molar-refractivity contribution in [3.05, 3.63) is 60.9 Å². The molecule has 1 heterocycles. The maximum atomic E-state index is 12.8. The molecule has 2 aromatic carbocycles. The van der Waals surface area contributed by atoms with Gasteiger partial charge in [0, 0.05) is 4.47 Å². The molecule has 1 aliphatic rings. The van der Waals surface area contributed by atoms with Crippen LogP contribution in [0, 0.1) is 0 Å². The molecule has 2 aromatic rings. The van der Waals surface area contributed by atoms with Gasteiger partial charge >= 0.3 is 0 Å². The van der Waals surface area contributed by atoms with Crippen molar-refractivity contribution in [2.75, 3.05) is 13.7 Å². The molecule has 1 fully saturated rings. The van der Waals surface area contributed by atoms with E-state index in [0.717, 1.165) is 16.2 Å². The van der Waals surface area contributed by atoms with Crippen molar-refractivity contribution < 1.29 is 19.1 Å². The van der Waals surface area contributed by atoms with E-state index in [1.54, 1.807) is 43.5 Å². The minimum Gasteiger partial charge on any atom is -0.493 e. The molecule has 0 saturated carbocycles. The molecular formula is C20H16BrCl2NO4S. The predicted molar refractivity (Wildman–Crippen MR) is 120 cm³/mol. The molecule has 0 radical (unpaired) electrons. The Morgan fingerprint density at radius 1 is 1.14 bits per heavy atom. The molecule has 1 saturated heterocycles. The fraction of sp³-hybridized carbons (Fsp3) is 0.200. The largest absolute Gasteiger partial charge is 0.493 e. The third kappa shape index (κ3) is 4.91. The molecular weight excluding hydrogens is 501 g/mol. The molecule has 3 rings (SSSR count). The number of benzene rings is 2. The lowest BCUT2D eigenvalue weighted by atomic mass is 10.1. The van der Waals surface area contributed by atoms with Gasteiger partial charge in [-0.15, -0.1) is 0 Å². The summed E-state index contributed by atoms with van der Waals surface area (Å²) in [7, 11) is 1.54. The zero-order valence-corrected chi connectivity index (χ0v) is 19.4. The molecule has 5 nitrogen and oxygen atoms in total. The van der Waals surface area contributed by atoms with Gasteiger partial charge in [-0.1, -0.05) is 45.2 Å². The summed E-state index contributed by atoms with van der Waals surface area (Å²) >= 11 is 16.3. The summed E-state index contributed by atoms with van der Waals surface area (Å²) < 4.78 is 11.6. The van der Waals surface area contributed by atoms with Crippen molar-refractivity contribution in [1.29, 1.82) is 0 Å². The van der Waals surface area contributed by atoms with E-state index in [1.165, 1.54) is 4.90 Å². The Hall–Kier alpha value is -1.67. The highest BCUT2D eigenvalue weighted by Gasteiger charge is 2.35. The van der Waals surface area contributed by atoms with Crippen molar-refractivity contribution >= 4 is 68.1 Å². The molecule has 0 spiro atoms. The highest BCUT2D eigenvalue weighted by Crippen LogP contribution is 2.38.